The van der Waals surface area contributed by atoms with Gasteiger partial charge in [0.05, 0.1) is 33.0 Å². The molecule has 0 radical (unpaired) electrons. The summed E-state index contributed by atoms with van der Waals surface area (Å²) in [6, 6.07) is 1.78. The zero-order chi connectivity index (χ0) is 14.9. The summed E-state index contributed by atoms with van der Waals surface area (Å²) in [6.45, 7) is 3.28. The van der Waals surface area contributed by atoms with E-state index in [9.17, 15) is 0 Å². The zero-order valence-electron chi connectivity index (χ0n) is 12.2. The van der Waals surface area contributed by atoms with Gasteiger partial charge in [-0.3, -0.25) is 0 Å². The van der Waals surface area contributed by atoms with Crippen molar-refractivity contribution in [2.45, 2.75) is 18.8 Å². The molecule has 1 aliphatic rings. The van der Waals surface area contributed by atoms with Gasteiger partial charge >= 0.3 is 0 Å². The van der Waals surface area contributed by atoms with Crippen LogP contribution in [0.3, 0.4) is 0 Å². The predicted molar refractivity (Wildman–Crippen MR) is 80.7 cm³/mol. The smallest absolute Gasteiger partial charge is 0.217 e. The molecule has 0 bridgehead atoms. The van der Waals surface area contributed by atoms with E-state index in [1.807, 2.05) is 0 Å². The number of hydrogen-bond donors (Lipinski definition) is 0. The standard InChI is InChI=1S/C14H21BrN2O4/c1-18-4-5-19-6-7-20-8-9-21-13-10-12(15)16-14(17-13)11-2-3-11/h10-11H,2-9H2,1H3. The molecule has 1 heterocycles. The van der Waals surface area contributed by atoms with Gasteiger partial charge in [-0.25, -0.2) is 4.98 Å². The molecule has 7 heteroatoms. The summed E-state index contributed by atoms with van der Waals surface area (Å²) >= 11 is 3.38. The lowest BCUT2D eigenvalue weighted by Crippen LogP contribution is -2.13. The van der Waals surface area contributed by atoms with Crippen LogP contribution in [0.1, 0.15) is 24.6 Å². The number of methoxy groups -OCH3 is 1. The van der Waals surface area contributed by atoms with Crippen LogP contribution in [-0.2, 0) is 14.2 Å². The van der Waals surface area contributed by atoms with Crippen LogP contribution in [0.4, 0.5) is 0 Å². The molecule has 1 saturated carbocycles. The van der Waals surface area contributed by atoms with Crippen LogP contribution < -0.4 is 4.74 Å². The fourth-order valence-electron chi connectivity index (χ4n) is 1.68. The third kappa shape index (κ3) is 6.69. The van der Waals surface area contributed by atoms with Gasteiger partial charge in [-0.15, -0.1) is 0 Å². The maximum absolute atomic E-state index is 5.58. The Morgan fingerprint density at radius 1 is 1.05 bits per heavy atom. The molecule has 0 aromatic carbocycles. The number of rotatable bonds is 11. The third-order valence-electron chi connectivity index (χ3n) is 2.91. The van der Waals surface area contributed by atoms with Crippen molar-refractivity contribution in [3.63, 3.8) is 0 Å². The lowest BCUT2D eigenvalue weighted by atomic mass is 10.4. The van der Waals surface area contributed by atoms with Crippen molar-refractivity contribution in [3.05, 3.63) is 16.5 Å². The SMILES string of the molecule is COCCOCCOCCOc1cc(Br)nc(C2CC2)n1. The average molecular weight is 361 g/mol. The summed E-state index contributed by atoms with van der Waals surface area (Å²) in [6.07, 6.45) is 2.34. The van der Waals surface area contributed by atoms with Gasteiger partial charge in [0.15, 0.2) is 0 Å². The second kappa shape index (κ2) is 9.30. The molecule has 118 valence electrons. The van der Waals surface area contributed by atoms with E-state index in [0.717, 1.165) is 10.4 Å². The molecule has 0 unspecified atom stereocenters. The van der Waals surface area contributed by atoms with Crippen molar-refractivity contribution in [1.82, 2.24) is 9.97 Å². The van der Waals surface area contributed by atoms with E-state index in [2.05, 4.69) is 25.9 Å². The Labute approximate surface area is 133 Å². The number of nitrogens with zero attached hydrogens (tertiary/aromatic N) is 2. The monoisotopic (exact) mass is 360 g/mol. The first-order chi connectivity index (χ1) is 10.3. The third-order valence-corrected chi connectivity index (χ3v) is 3.32. The van der Waals surface area contributed by atoms with Crippen molar-refractivity contribution < 1.29 is 18.9 Å². The first-order valence-corrected chi connectivity index (χ1v) is 7.90. The lowest BCUT2D eigenvalue weighted by molar-refractivity contribution is 0.0176. The molecular formula is C14H21BrN2O4. The van der Waals surface area contributed by atoms with Crippen LogP contribution in [0.2, 0.25) is 0 Å². The Morgan fingerprint density at radius 2 is 1.71 bits per heavy atom. The summed E-state index contributed by atoms with van der Waals surface area (Å²) in [5.41, 5.74) is 0. The van der Waals surface area contributed by atoms with Crippen molar-refractivity contribution in [3.8, 4) is 5.88 Å². The molecule has 0 N–H and O–H groups in total. The Bertz CT molecular complexity index is 429. The summed E-state index contributed by atoms with van der Waals surface area (Å²) in [7, 11) is 1.65. The molecule has 0 amide bonds. The van der Waals surface area contributed by atoms with E-state index in [1.165, 1.54) is 12.8 Å². The first kappa shape index (κ1) is 16.6. The van der Waals surface area contributed by atoms with Crippen LogP contribution in [-0.4, -0.2) is 56.7 Å². The highest BCUT2D eigenvalue weighted by Crippen LogP contribution is 2.38. The molecule has 21 heavy (non-hydrogen) atoms. The van der Waals surface area contributed by atoms with Gasteiger partial charge in [0.2, 0.25) is 5.88 Å². The van der Waals surface area contributed by atoms with Gasteiger partial charge in [-0.1, -0.05) is 0 Å². The molecular weight excluding hydrogens is 340 g/mol. The van der Waals surface area contributed by atoms with Crippen molar-refractivity contribution in [1.29, 1.82) is 0 Å². The van der Waals surface area contributed by atoms with Gasteiger partial charge in [0.25, 0.3) is 0 Å². The van der Waals surface area contributed by atoms with Gasteiger partial charge in [-0.2, -0.15) is 4.98 Å². The van der Waals surface area contributed by atoms with E-state index in [4.69, 9.17) is 18.9 Å². The normalized spacial score (nSPS) is 14.4. The van der Waals surface area contributed by atoms with E-state index >= 15 is 0 Å². The van der Waals surface area contributed by atoms with Gasteiger partial charge in [0, 0.05) is 19.1 Å². The molecule has 1 aromatic rings. The number of hydrogen-bond acceptors (Lipinski definition) is 6. The van der Waals surface area contributed by atoms with Gasteiger partial charge in [0.1, 0.15) is 17.0 Å². The topological polar surface area (TPSA) is 62.7 Å². The van der Waals surface area contributed by atoms with Gasteiger partial charge < -0.3 is 18.9 Å². The zero-order valence-corrected chi connectivity index (χ0v) is 13.8. The van der Waals surface area contributed by atoms with Crippen LogP contribution >= 0.6 is 15.9 Å². The van der Waals surface area contributed by atoms with Crippen LogP contribution in [0.25, 0.3) is 0 Å². The Morgan fingerprint density at radius 3 is 2.38 bits per heavy atom. The minimum atomic E-state index is 0.464. The van der Waals surface area contributed by atoms with E-state index < -0.39 is 0 Å². The van der Waals surface area contributed by atoms with Crippen LogP contribution in [0, 0.1) is 0 Å². The number of aromatic nitrogens is 2. The van der Waals surface area contributed by atoms with Crippen molar-refractivity contribution in [2.75, 3.05) is 46.8 Å². The fraction of sp³-hybridized carbons (Fsp3) is 0.714. The highest BCUT2D eigenvalue weighted by molar-refractivity contribution is 9.10. The Balaban J connectivity index is 1.56. The summed E-state index contributed by atoms with van der Waals surface area (Å²) in [4.78, 5) is 8.76. The molecule has 0 spiro atoms. The average Bonchev–Trinajstić information content (AvgIpc) is 3.29. The maximum atomic E-state index is 5.58. The number of ether oxygens (including phenoxy) is 4. The van der Waals surface area contributed by atoms with Crippen molar-refractivity contribution in [2.24, 2.45) is 0 Å². The van der Waals surface area contributed by atoms with Crippen LogP contribution in [0.5, 0.6) is 5.88 Å². The molecule has 1 aromatic heterocycles. The molecule has 0 atom stereocenters. The molecule has 0 aliphatic heterocycles. The molecule has 1 aliphatic carbocycles. The summed E-state index contributed by atoms with van der Waals surface area (Å²) < 4.78 is 21.9. The van der Waals surface area contributed by atoms with E-state index in [0.29, 0.717) is 51.4 Å². The Hall–Kier alpha value is -0.760. The molecule has 1 fully saturated rings. The van der Waals surface area contributed by atoms with E-state index in [-0.39, 0.29) is 0 Å². The fourth-order valence-corrected chi connectivity index (χ4v) is 2.06. The Kier molecular flexibility index (Phi) is 7.35. The number of halogens is 1. The summed E-state index contributed by atoms with van der Waals surface area (Å²) in [5, 5.41) is 0. The molecule has 2 rings (SSSR count). The molecule has 6 nitrogen and oxygen atoms in total. The maximum Gasteiger partial charge on any atom is 0.217 e. The second-order valence-electron chi connectivity index (χ2n) is 4.73. The largest absolute Gasteiger partial charge is 0.475 e. The van der Waals surface area contributed by atoms with Crippen molar-refractivity contribution >= 4 is 15.9 Å². The van der Waals surface area contributed by atoms with Crippen LogP contribution in [0.15, 0.2) is 10.7 Å². The minimum Gasteiger partial charge on any atom is -0.475 e. The lowest BCUT2D eigenvalue weighted by Gasteiger charge is -2.08. The second-order valence-corrected chi connectivity index (χ2v) is 5.54. The predicted octanol–water partition coefficient (Wildman–Crippen LogP) is 2.17. The minimum absolute atomic E-state index is 0.464. The first-order valence-electron chi connectivity index (χ1n) is 7.11. The highest BCUT2D eigenvalue weighted by Gasteiger charge is 2.27. The van der Waals surface area contributed by atoms with Gasteiger partial charge in [-0.05, 0) is 28.8 Å². The highest BCUT2D eigenvalue weighted by atomic mass is 79.9. The van der Waals surface area contributed by atoms with E-state index in [1.54, 1.807) is 13.2 Å². The summed E-state index contributed by atoms with van der Waals surface area (Å²) in [5.74, 6) is 1.97. The quantitative estimate of drug-likeness (QED) is 0.445. The molecule has 0 saturated heterocycles.